The molecule has 0 unspecified atom stereocenters. The third-order valence-corrected chi connectivity index (χ3v) is 5.50. The van der Waals surface area contributed by atoms with Gasteiger partial charge in [-0.15, -0.1) is 0 Å². The summed E-state index contributed by atoms with van der Waals surface area (Å²) in [6.45, 7) is 5.79. The lowest BCUT2D eigenvalue weighted by Crippen LogP contribution is -2.46. The van der Waals surface area contributed by atoms with Crippen molar-refractivity contribution in [2.45, 2.75) is 38.8 Å². The van der Waals surface area contributed by atoms with Gasteiger partial charge >= 0.3 is 0 Å². The number of hydrogen-bond donors (Lipinski definition) is 0. The van der Waals surface area contributed by atoms with Gasteiger partial charge in [-0.1, -0.05) is 54.9 Å². The molecule has 138 valence electrons. The van der Waals surface area contributed by atoms with Crippen LogP contribution in [0.5, 0.6) is 0 Å². The molecule has 0 aromatic heterocycles. The molecule has 4 heteroatoms. The predicted octanol–water partition coefficient (Wildman–Crippen LogP) is 4.86. The minimum atomic E-state index is 0.150. The molecule has 2 aromatic carbocycles. The Labute approximate surface area is 161 Å². The standard InChI is InChI=1S/C22H27ClN2O/c1-2-14-25(17-19-10-6-7-11-21(19)23)20-12-15-24(16-13-20)22(26)18-8-4-3-5-9-18/h3-11,20H,2,12-17H2,1H3. The van der Waals surface area contributed by atoms with E-state index in [1.165, 1.54) is 5.56 Å². The van der Waals surface area contributed by atoms with Gasteiger partial charge in [-0.05, 0) is 49.6 Å². The normalized spacial score (nSPS) is 15.4. The van der Waals surface area contributed by atoms with E-state index in [9.17, 15) is 4.79 Å². The Morgan fingerprint density at radius 1 is 1.08 bits per heavy atom. The average molecular weight is 371 g/mol. The van der Waals surface area contributed by atoms with Crippen LogP contribution in [-0.4, -0.2) is 41.4 Å². The highest BCUT2D eigenvalue weighted by molar-refractivity contribution is 6.31. The number of halogens is 1. The fourth-order valence-corrected chi connectivity index (χ4v) is 3.92. The Balaban J connectivity index is 1.61. The number of amides is 1. The molecule has 0 bridgehead atoms. The van der Waals surface area contributed by atoms with Crippen molar-refractivity contribution >= 4 is 17.5 Å². The molecule has 1 amide bonds. The first kappa shape index (κ1) is 18.9. The third-order valence-electron chi connectivity index (χ3n) is 5.13. The van der Waals surface area contributed by atoms with Gasteiger partial charge in [0, 0.05) is 36.3 Å². The zero-order chi connectivity index (χ0) is 18.4. The Morgan fingerprint density at radius 2 is 1.73 bits per heavy atom. The van der Waals surface area contributed by atoms with Gasteiger partial charge in [0.2, 0.25) is 0 Å². The topological polar surface area (TPSA) is 23.6 Å². The van der Waals surface area contributed by atoms with Gasteiger partial charge in [0.1, 0.15) is 0 Å². The van der Waals surface area contributed by atoms with E-state index in [1.54, 1.807) is 0 Å². The first-order chi connectivity index (χ1) is 12.7. The Kier molecular flexibility index (Phi) is 6.70. The fraction of sp³-hybridized carbons (Fsp3) is 0.409. The smallest absolute Gasteiger partial charge is 0.253 e. The summed E-state index contributed by atoms with van der Waals surface area (Å²) in [5.74, 6) is 0.150. The minimum Gasteiger partial charge on any atom is -0.339 e. The lowest BCUT2D eigenvalue weighted by molar-refractivity contribution is 0.0607. The van der Waals surface area contributed by atoms with Gasteiger partial charge in [-0.2, -0.15) is 0 Å². The lowest BCUT2D eigenvalue weighted by atomic mass is 10.0. The maximum Gasteiger partial charge on any atom is 0.253 e. The van der Waals surface area contributed by atoms with Crippen molar-refractivity contribution in [3.63, 3.8) is 0 Å². The fourth-order valence-electron chi connectivity index (χ4n) is 3.72. The zero-order valence-corrected chi connectivity index (χ0v) is 16.2. The molecule has 0 radical (unpaired) electrons. The average Bonchev–Trinajstić information content (AvgIpc) is 2.69. The maximum atomic E-state index is 12.6. The number of rotatable bonds is 6. The highest BCUT2D eigenvalue weighted by Crippen LogP contribution is 2.23. The molecule has 1 aliphatic heterocycles. The van der Waals surface area contributed by atoms with E-state index in [0.29, 0.717) is 6.04 Å². The van der Waals surface area contributed by atoms with E-state index in [1.807, 2.05) is 53.4 Å². The summed E-state index contributed by atoms with van der Waals surface area (Å²) in [5, 5.41) is 0.838. The molecular weight excluding hydrogens is 344 g/mol. The van der Waals surface area contributed by atoms with Crippen molar-refractivity contribution in [3.8, 4) is 0 Å². The van der Waals surface area contributed by atoms with Crippen molar-refractivity contribution in [3.05, 3.63) is 70.7 Å². The second-order valence-corrected chi connectivity index (χ2v) is 7.36. The van der Waals surface area contributed by atoms with E-state index in [0.717, 1.165) is 56.0 Å². The first-order valence-electron chi connectivity index (χ1n) is 9.51. The van der Waals surface area contributed by atoms with Crippen molar-refractivity contribution in [1.29, 1.82) is 0 Å². The Hall–Kier alpha value is -1.84. The summed E-state index contributed by atoms with van der Waals surface area (Å²) in [4.78, 5) is 17.2. The second-order valence-electron chi connectivity index (χ2n) is 6.95. The van der Waals surface area contributed by atoms with E-state index >= 15 is 0 Å². The molecule has 26 heavy (non-hydrogen) atoms. The number of piperidine rings is 1. The van der Waals surface area contributed by atoms with Crippen LogP contribution >= 0.6 is 11.6 Å². The molecule has 1 heterocycles. The second kappa shape index (κ2) is 9.20. The third kappa shape index (κ3) is 4.66. The largest absolute Gasteiger partial charge is 0.339 e. The van der Waals surface area contributed by atoms with Crippen LogP contribution in [0.4, 0.5) is 0 Å². The lowest BCUT2D eigenvalue weighted by Gasteiger charge is -2.38. The molecular formula is C22H27ClN2O. The predicted molar refractivity (Wildman–Crippen MR) is 108 cm³/mol. The number of carbonyl (C=O) groups is 1. The molecule has 0 saturated carbocycles. The highest BCUT2D eigenvalue weighted by Gasteiger charge is 2.27. The number of nitrogens with zero attached hydrogens (tertiary/aromatic N) is 2. The van der Waals surface area contributed by atoms with Crippen LogP contribution < -0.4 is 0 Å². The van der Waals surface area contributed by atoms with Gasteiger partial charge in [0.05, 0.1) is 0 Å². The van der Waals surface area contributed by atoms with Gasteiger partial charge in [-0.3, -0.25) is 9.69 Å². The quantitative estimate of drug-likeness (QED) is 0.725. The first-order valence-corrected chi connectivity index (χ1v) is 9.88. The molecule has 1 saturated heterocycles. The molecule has 1 fully saturated rings. The van der Waals surface area contributed by atoms with E-state index in [2.05, 4.69) is 17.9 Å². The van der Waals surface area contributed by atoms with Crippen molar-refractivity contribution in [1.82, 2.24) is 9.80 Å². The van der Waals surface area contributed by atoms with E-state index < -0.39 is 0 Å². The van der Waals surface area contributed by atoms with Gasteiger partial charge in [-0.25, -0.2) is 0 Å². The number of likely N-dealkylation sites (tertiary alicyclic amines) is 1. The van der Waals surface area contributed by atoms with Crippen LogP contribution in [-0.2, 0) is 6.54 Å². The Morgan fingerprint density at radius 3 is 2.38 bits per heavy atom. The molecule has 0 N–H and O–H groups in total. The van der Waals surface area contributed by atoms with Gasteiger partial charge < -0.3 is 4.90 Å². The molecule has 0 spiro atoms. The molecule has 3 nitrogen and oxygen atoms in total. The summed E-state index contributed by atoms with van der Waals surface area (Å²) in [6.07, 6.45) is 3.15. The molecule has 0 aliphatic carbocycles. The number of carbonyl (C=O) groups excluding carboxylic acids is 1. The van der Waals surface area contributed by atoms with Crippen LogP contribution in [0.15, 0.2) is 54.6 Å². The molecule has 1 aliphatic rings. The van der Waals surface area contributed by atoms with Gasteiger partial charge in [0.25, 0.3) is 5.91 Å². The Bertz CT molecular complexity index is 711. The molecule has 0 atom stereocenters. The van der Waals surface area contributed by atoms with Crippen molar-refractivity contribution < 1.29 is 4.79 Å². The van der Waals surface area contributed by atoms with Crippen LogP contribution in [0.3, 0.4) is 0 Å². The van der Waals surface area contributed by atoms with Crippen molar-refractivity contribution in [2.24, 2.45) is 0 Å². The summed E-state index contributed by atoms with van der Waals surface area (Å²) < 4.78 is 0. The van der Waals surface area contributed by atoms with Crippen LogP contribution in [0.2, 0.25) is 5.02 Å². The summed E-state index contributed by atoms with van der Waals surface area (Å²) in [6, 6.07) is 18.2. The minimum absolute atomic E-state index is 0.150. The molecule has 3 rings (SSSR count). The van der Waals surface area contributed by atoms with E-state index in [4.69, 9.17) is 11.6 Å². The molecule has 2 aromatic rings. The van der Waals surface area contributed by atoms with Crippen molar-refractivity contribution in [2.75, 3.05) is 19.6 Å². The van der Waals surface area contributed by atoms with E-state index in [-0.39, 0.29) is 5.91 Å². The maximum absolute atomic E-state index is 12.6. The van der Waals surface area contributed by atoms with Gasteiger partial charge in [0.15, 0.2) is 0 Å². The van der Waals surface area contributed by atoms with Crippen LogP contribution in [0.1, 0.15) is 42.1 Å². The van der Waals surface area contributed by atoms with Crippen LogP contribution in [0.25, 0.3) is 0 Å². The highest BCUT2D eigenvalue weighted by atomic mass is 35.5. The number of benzene rings is 2. The number of hydrogen-bond acceptors (Lipinski definition) is 2. The van der Waals surface area contributed by atoms with Crippen LogP contribution in [0, 0.1) is 0 Å². The monoisotopic (exact) mass is 370 g/mol. The summed E-state index contributed by atoms with van der Waals surface area (Å²) in [7, 11) is 0. The summed E-state index contributed by atoms with van der Waals surface area (Å²) in [5.41, 5.74) is 1.97. The zero-order valence-electron chi connectivity index (χ0n) is 15.4. The SMILES string of the molecule is CCCN(Cc1ccccc1Cl)C1CCN(C(=O)c2ccccc2)CC1. The summed E-state index contributed by atoms with van der Waals surface area (Å²) >= 11 is 6.36.